The van der Waals surface area contributed by atoms with E-state index in [1.54, 1.807) is 19.3 Å². The molecule has 1 amide bonds. The molecule has 11 nitrogen and oxygen atoms in total. The number of hydrogen-bond acceptors (Lipinski definition) is 6. The Balaban J connectivity index is 1.32. The Hall–Kier alpha value is -4.00. The molecule has 1 saturated heterocycles. The average molecular weight is 582 g/mol. The number of pyridine rings is 1. The number of nitrogens with zero attached hydrogens (tertiary/aromatic N) is 3. The largest absolute Gasteiger partial charge is 0.480 e. The molecule has 0 bridgehead atoms. The van der Waals surface area contributed by atoms with Crippen molar-refractivity contribution in [2.75, 3.05) is 31.1 Å². The number of carbonyl (C=O) groups is 2. The van der Waals surface area contributed by atoms with Crippen LogP contribution in [-0.2, 0) is 41.4 Å². The van der Waals surface area contributed by atoms with Crippen molar-refractivity contribution >= 4 is 27.8 Å². The van der Waals surface area contributed by atoms with Gasteiger partial charge in [0, 0.05) is 51.7 Å². The third-order valence-corrected chi connectivity index (χ3v) is 8.76. The summed E-state index contributed by atoms with van der Waals surface area (Å²) in [6, 6.07) is 18.0. The molecule has 41 heavy (non-hydrogen) atoms. The molecular formula is C29H35N5O6S. The van der Waals surface area contributed by atoms with Crippen LogP contribution in [0, 0.1) is 0 Å². The number of piperazine rings is 1. The Kier molecular flexibility index (Phi) is 9.58. The van der Waals surface area contributed by atoms with Gasteiger partial charge in [0.25, 0.3) is 21.7 Å². The molecule has 12 heteroatoms. The fourth-order valence-electron chi connectivity index (χ4n) is 4.65. The van der Waals surface area contributed by atoms with Crippen molar-refractivity contribution in [3.05, 3.63) is 99.5 Å². The Bertz CT molecular complexity index is 1530. The number of aryl methyl sites for hydroxylation is 3. The monoisotopic (exact) mass is 581 g/mol. The maximum Gasteiger partial charge on any atom is 0.321 e. The van der Waals surface area contributed by atoms with Crippen LogP contribution < -0.4 is 20.5 Å². The van der Waals surface area contributed by atoms with E-state index >= 15 is 0 Å². The maximum atomic E-state index is 12.8. The molecule has 2 heterocycles. The number of amides is 1. The highest BCUT2D eigenvalue weighted by Gasteiger charge is 2.29. The van der Waals surface area contributed by atoms with Gasteiger partial charge in [-0.2, -0.15) is 17.4 Å². The predicted octanol–water partition coefficient (Wildman–Crippen LogP) is 1.53. The van der Waals surface area contributed by atoms with Crippen LogP contribution in [0.15, 0.2) is 71.7 Å². The molecule has 4 rings (SSSR count). The molecule has 1 aliphatic rings. The Morgan fingerprint density at radius 1 is 0.927 bits per heavy atom. The zero-order chi connectivity index (χ0) is 29.6. The zero-order valence-electron chi connectivity index (χ0n) is 23.1. The quantitative estimate of drug-likeness (QED) is 0.312. The lowest BCUT2D eigenvalue weighted by molar-refractivity contribution is -0.138. The first-order chi connectivity index (χ1) is 19.5. The molecule has 0 spiro atoms. The van der Waals surface area contributed by atoms with Crippen LogP contribution in [0.1, 0.15) is 34.0 Å². The normalized spacial score (nSPS) is 14.9. The minimum Gasteiger partial charge on any atom is -0.480 e. The first-order valence-electron chi connectivity index (χ1n) is 13.4. The summed E-state index contributed by atoms with van der Waals surface area (Å²) >= 11 is 0. The third-order valence-electron chi connectivity index (χ3n) is 7.06. The van der Waals surface area contributed by atoms with E-state index in [2.05, 4.69) is 14.9 Å². The van der Waals surface area contributed by atoms with Gasteiger partial charge < -0.3 is 19.9 Å². The van der Waals surface area contributed by atoms with Gasteiger partial charge in [-0.05, 0) is 54.7 Å². The van der Waals surface area contributed by atoms with Gasteiger partial charge in [0.15, 0.2) is 0 Å². The number of aromatic nitrogens is 1. The van der Waals surface area contributed by atoms with E-state index in [1.807, 2.05) is 54.6 Å². The van der Waals surface area contributed by atoms with E-state index in [0.717, 1.165) is 22.4 Å². The van der Waals surface area contributed by atoms with E-state index < -0.39 is 28.1 Å². The molecular weight excluding hydrogens is 546 g/mol. The Morgan fingerprint density at radius 3 is 2.20 bits per heavy atom. The van der Waals surface area contributed by atoms with Crippen molar-refractivity contribution in [3.63, 3.8) is 0 Å². The molecule has 0 saturated carbocycles. The van der Waals surface area contributed by atoms with Gasteiger partial charge in [-0.3, -0.25) is 14.4 Å². The van der Waals surface area contributed by atoms with Gasteiger partial charge in [-0.25, -0.2) is 0 Å². The van der Waals surface area contributed by atoms with Gasteiger partial charge in [-0.15, -0.1) is 0 Å². The van der Waals surface area contributed by atoms with Crippen molar-refractivity contribution in [1.29, 1.82) is 0 Å². The Morgan fingerprint density at radius 2 is 1.56 bits per heavy atom. The fraction of sp³-hybridized carbons (Fsp3) is 0.345. The maximum absolute atomic E-state index is 12.8. The third kappa shape index (κ3) is 7.81. The summed E-state index contributed by atoms with van der Waals surface area (Å²) < 4.78 is 29.8. The molecule has 0 aliphatic carbocycles. The van der Waals surface area contributed by atoms with E-state index in [9.17, 15) is 22.8 Å². The Labute approximate surface area is 239 Å². The second-order valence-electron chi connectivity index (χ2n) is 10.1. The van der Waals surface area contributed by atoms with Crippen LogP contribution in [0.2, 0.25) is 0 Å². The minimum atomic E-state index is -3.87. The number of carbonyl (C=O) groups excluding carboxylic acids is 1. The number of anilines is 1. The number of benzene rings is 2. The molecule has 1 fully saturated rings. The van der Waals surface area contributed by atoms with Gasteiger partial charge in [0.05, 0.1) is 0 Å². The zero-order valence-corrected chi connectivity index (χ0v) is 23.9. The smallest absolute Gasteiger partial charge is 0.321 e. The van der Waals surface area contributed by atoms with Crippen LogP contribution in [0.4, 0.5) is 5.69 Å². The lowest BCUT2D eigenvalue weighted by atomic mass is 10.0. The average Bonchev–Trinajstić information content (AvgIpc) is 2.97. The van der Waals surface area contributed by atoms with Crippen LogP contribution in [0.25, 0.3) is 0 Å². The van der Waals surface area contributed by atoms with Crippen molar-refractivity contribution in [1.82, 2.24) is 18.9 Å². The summed E-state index contributed by atoms with van der Waals surface area (Å²) in [5.41, 5.74) is 3.66. The molecule has 218 valence electrons. The summed E-state index contributed by atoms with van der Waals surface area (Å²) in [7, 11) is -2.23. The minimum absolute atomic E-state index is 0.116. The number of rotatable bonds is 11. The summed E-state index contributed by atoms with van der Waals surface area (Å²) in [4.78, 5) is 38.5. The summed E-state index contributed by atoms with van der Waals surface area (Å²) in [6.07, 6.45) is 3.11. The van der Waals surface area contributed by atoms with Crippen LogP contribution in [0.5, 0.6) is 0 Å². The number of aliphatic carboxylic acids is 1. The standard InChI is InChI=1S/C29H35N5O6S/c1-21(29(37)38)31-41(39,40)34-16-14-33(15-17-34)25-12-10-22(11-13-25)8-9-24-18-26(28(36)32(2)20-24)27(35)30-19-23-6-4-3-5-7-23/h3-7,10-13,18,20-21,31H,8-9,14-17,19H2,1-2H3,(H,30,35)(H,37,38)/t21-/m1/s1. The van der Waals surface area contributed by atoms with E-state index in [0.29, 0.717) is 32.5 Å². The van der Waals surface area contributed by atoms with Crippen LogP contribution >= 0.6 is 0 Å². The summed E-state index contributed by atoms with van der Waals surface area (Å²) in [6.45, 7) is 3.09. The highest BCUT2D eigenvalue weighted by atomic mass is 32.2. The summed E-state index contributed by atoms with van der Waals surface area (Å²) in [5.74, 6) is -1.63. The molecule has 3 N–H and O–H groups in total. The van der Waals surface area contributed by atoms with Gasteiger partial charge in [0.1, 0.15) is 11.6 Å². The van der Waals surface area contributed by atoms with Crippen molar-refractivity contribution < 1.29 is 23.1 Å². The number of nitrogens with one attached hydrogen (secondary N) is 2. The molecule has 0 radical (unpaired) electrons. The molecule has 3 aromatic rings. The van der Waals surface area contributed by atoms with Crippen molar-refractivity contribution in [3.8, 4) is 0 Å². The fourth-order valence-corrected chi connectivity index (χ4v) is 5.99. The van der Waals surface area contributed by atoms with E-state index in [-0.39, 0.29) is 24.2 Å². The van der Waals surface area contributed by atoms with Crippen molar-refractivity contribution in [2.24, 2.45) is 7.05 Å². The lowest BCUT2D eigenvalue weighted by Gasteiger charge is -2.35. The van der Waals surface area contributed by atoms with Gasteiger partial charge in [0.2, 0.25) is 0 Å². The van der Waals surface area contributed by atoms with Crippen LogP contribution in [0.3, 0.4) is 0 Å². The van der Waals surface area contributed by atoms with Gasteiger partial charge >= 0.3 is 5.97 Å². The van der Waals surface area contributed by atoms with Crippen molar-refractivity contribution in [2.45, 2.75) is 32.4 Å². The molecule has 0 unspecified atom stereocenters. The highest BCUT2D eigenvalue weighted by Crippen LogP contribution is 2.19. The number of carboxylic acids is 1. The second kappa shape index (κ2) is 13.1. The number of carboxylic acid groups (broad SMARTS) is 1. The lowest BCUT2D eigenvalue weighted by Crippen LogP contribution is -2.54. The van der Waals surface area contributed by atoms with E-state index in [4.69, 9.17) is 5.11 Å². The molecule has 1 aromatic heterocycles. The number of hydrogen-bond donors (Lipinski definition) is 3. The van der Waals surface area contributed by atoms with Crippen LogP contribution in [-0.4, -0.2) is 66.5 Å². The molecule has 1 aliphatic heterocycles. The predicted molar refractivity (Wildman–Crippen MR) is 156 cm³/mol. The van der Waals surface area contributed by atoms with Gasteiger partial charge in [-0.1, -0.05) is 42.5 Å². The second-order valence-corrected chi connectivity index (χ2v) is 11.8. The molecule has 1 atom stereocenters. The first kappa shape index (κ1) is 30.0. The SMILES string of the molecule is C[C@@H](NS(=O)(=O)N1CCN(c2ccc(CCc3cc(C(=O)NCc4ccccc4)c(=O)n(C)c3)cc2)CC1)C(=O)O. The first-order valence-corrected chi connectivity index (χ1v) is 14.8. The van der Waals surface area contributed by atoms with E-state index in [1.165, 1.54) is 15.8 Å². The topological polar surface area (TPSA) is 141 Å². The molecule has 2 aromatic carbocycles. The highest BCUT2D eigenvalue weighted by molar-refractivity contribution is 7.87. The summed E-state index contributed by atoms with van der Waals surface area (Å²) in [5, 5.41) is 11.8.